The molecular weight excluding hydrogens is 643 g/mol. The Morgan fingerprint density at radius 2 is 1.14 bits per heavy atom. The number of aryl methyl sites for hydroxylation is 4. The first kappa shape index (κ1) is 41.4. The molecule has 12 heteroatoms. The number of carbonyl (C=O) groups is 4. The van der Waals surface area contributed by atoms with Gasteiger partial charge in [0.15, 0.2) is 0 Å². The molecule has 270 valence electrons. The fourth-order valence-corrected chi connectivity index (χ4v) is 7.07. The average Bonchev–Trinajstić information content (AvgIpc) is 3.69. The van der Waals surface area contributed by atoms with Crippen LogP contribution >= 0.6 is 0 Å². The number of carboxylic acids is 1. The van der Waals surface area contributed by atoms with Crippen molar-refractivity contribution in [2.24, 2.45) is 0 Å². The predicted octanol–water partition coefficient (Wildman–Crippen LogP) is 3.62. The first-order chi connectivity index (χ1) is 23.9. The third-order valence-electron chi connectivity index (χ3n) is 9.57. The number of carboxylic acid groups (broad SMARTS) is 1. The van der Waals surface area contributed by atoms with Crippen molar-refractivity contribution < 1.29 is 53.4 Å². The maximum Gasteiger partial charge on any atom is 1.00 e. The first-order valence-corrected chi connectivity index (χ1v) is 17.9. The molecule has 2 aliphatic heterocycles. The van der Waals surface area contributed by atoms with Gasteiger partial charge in [0.05, 0.1) is 29.3 Å². The number of esters is 1. The van der Waals surface area contributed by atoms with E-state index in [-0.39, 0.29) is 48.5 Å². The number of nitrogens with zero attached hydrogens (tertiary/aromatic N) is 2. The standard InChI is InChI=1S/C20H26N2O3.C19H24N2O3.Li.H2O/c1-25-18(23)11-4-2-3-5-12-21-20(24)17-14-22-13-7-9-15-8-6-10-16(17)19(15)22;22-17(23)10-3-1-2-4-11-20-19(24)16-13-21-12-6-8-14-7-5-9-15(16)18(14)21;;/h6,8,10,14H,2-5,7,9,11-13H2,1H3,(H,21,24);5,7,9,13H,1-4,6,8,10-12H2,(H,20,24)(H,22,23);;1H2/q;;+1;/p-1. The van der Waals surface area contributed by atoms with Crippen molar-refractivity contribution in [1.82, 2.24) is 19.8 Å². The Bertz CT molecular complexity index is 1780. The van der Waals surface area contributed by atoms with Gasteiger partial charge in [-0.3, -0.25) is 19.2 Å². The third-order valence-corrected chi connectivity index (χ3v) is 9.57. The van der Waals surface area contributed by atoms with Gasteiger partial charge in [-0.05, 0) is 62.5 Å². The van der Waals surface area contributed by atoms with Crippen LogP contribution in [0, 0.1) is 0 Å². The van der Waals surface area contributed by atoms with Crippen molar-refractivity contribution >= 4 is 45.6 Å². The molecule has 0 fully saturated rings. The number of hydrogen-bond acceptors (Lipinski definition) is 6. The zero-order valence-electron chi connectivity index (χ0n) is 30.2. The second-order valence-electron chi connectivity index (χ2n) is 13.1. The summed E-state index contributed by atoms with van der Waals surface area (Å²) in [5.41, 5.74) is 6.65. The summed E-state index contributed by atoms with van der Waals surface area (Å²) in [5.74, 6) is -0.890. The quantitative estimate of drug-likeness (QED) is 0.0917. The topological polar surface area (TPSA) is 162 Å². The molecule has 4 heterocycles. The van der Waals surface area contributed by atoms with E-state index in [9.17, 15) is 19.2 Å². The van der Waals surface area contributed by atoms with Crippen LogP contribution in [0.3, 0.4) is 0 Å². The molecule has 0 aliphatic carbocycles. The van der Waals surface area contributed by atoms with Crippen LogP contribution in [-0.4, -0.2) is 63.7 Å². The van der Waals surface area contributed by atoms with Gasteiger partial charge >= 0.3 is 30.8 Å². The van der Waals surface area contributed by atoms with Crippen molar-refractivity contribution in [3.8, 4) is 0 Å². The van der Waals surface area contributed by atoms with Crippen LogP contribution < -0.4 is 29.5 Å². The zero-order valence-corrected chi connectivity index (χ0v) is 30.2. The molecule has 2 aromatic carbocycles. The predicted molar refractivity (Wildman–Crippen MR) is 193 cm³/mol. The SMILES string of the molecule is COC(=O)CCCCCCNC(=O)c1cn2c3c(cccc13)CCC2.O=C(O)CCCCCCNC(=O)c1cn2c3c(cccc13)CCC2.[Li+].[OH-]. The molecule has 0 atom stereocenters. The number of aromatic nitrogens is 2. The van der Waals surface area contributed by atoms with E-state index in [1.165, 1.54) is 29.3 Å². The first-order valence-electron chi connectivity index (χ1n) is 17.9. The number of methoxy groups -OCH3 is 1. The summed E-state index contributed by atoms with van der Waals surface area (Å²) in [5, 5.41) is 16.7. The molecule has 2 aromatic heterocycles. The maximum atomic E-state index is 12.6. The number of aliphatic carboxylic acids is 1. The van der Waals surface area contributed by atoms with Crippen LogP contribution in [0.25, 0.3) is 21.8 Å². The maximum absolute atomic E-state index is 12.6. The molecular formula is C39H51LiN4O7. The van der Waals surface area contributed by atoms with E-state index in [1.807, 2.05) is 36.7 Å². The molecule has 6 rings (SSSR count). The van der Waals surface area contributed by atoms with Gasteiger partial charge in [0.2, 0.25) is 0 Å². The summed E-state index contributed by atoms with van der Waals surface area (Å²) in [6, 6.07) is 12.5. The number of para-hydroxylation sites is 2. The Morgan fingerprint density at radius 1 is 0.686 bits per heavy atom. The van der Waals surface area contributed by atoms with E-state index in [4.69, 9.17) is 5.11 Å². The zero-order chi connectivity index (χ0) is 34.6. The number of carbonyl (C=O) groups excluding carboxylic acids is 3. The van der Waals surface area contributed by atoms with Crippen LogP contribution in [-0.2, 0) is 40.3 Å². The smallest absolute Gasteiger partial charge is 0.870 e. The molecule has 0 saturated heterocycles. The van der Waals surface area contributed by atoms with Crippen LogP contribution in [0.2, 0.25) is 0 Å². The summed E-state index contributed by atoms with van der Waals surface area (Å²) in [6.45, 7) is 3.27. The van der Waals surface area contributed by atoms with E-state index < -0.39 is 5.97 Å². The van der Waals surface area contributed by atoms with Crippen molar-refractivity contribution in [2.75, 3.05) is 20.2 Å². The van der Waals surface area contributed by atoms with Gasteiger partial charge in [-0.2, -0.15) is 0 Å². The van der Waals surface area contributed by atoms with Gasteiger partial charge in [-0.1, -0.05) is 62.1 Å². The summed E-state index contributed by atoms with van der Waals surface area (Å²) < 4.78 is 9.04. The second kappa shape index (κ2) is 20.7. The summed E-state index contributed by atoms with van der Waals surface area (Å²) in [6.07, 6.45) is 16.3. The molecule has 2 amide bonds. The molecule has 0 saturated carbocycles. The van der Waals surface area contributed by atoms with Gasteiger partial charge in [-0.15, -0.1) is 0 Å². The molecule has 2 aliphatic rings. The molecule has 0 radical (unpaired) electrons. The molecule has 0 bridgehead atoms. The van der Waals surface area contributed by atoms with Gasteiger partial charge in [0.25, 0.3) is 11.8 Å². The van der Waals surface area contributed by atoms with Crippen LogP contribution in [0.4, 0.5) is 0 Å². The number of unbranched alkanes of at least 4 members (excludes halogenated alkanes) is 6. The van der Waals surface area contributed by atoms with Gasteiger partial charge in [-0.25, -0.2) is 0 Å². The third kappa shape index (κ3) is 11.0. The van der Waals surface area contributed by atoms with E-state index in [0.717, 1.165) is 106 Å². The summed E-state index contributed by atoms with van der Waals surface area (Å²) in [7, 11) is 1.42. The van der Waals surface area contributed by atoms with Gasteiger partial charge in [0, 0.05) is 62.2 Å². The minimum absolute atomic E-state index is 0. The van der Waals surface area contributed by atoms with E-state index in [0.29, 0.717) is 25.9 Å². The number of nitrogens with one attached hydrogen (secondary N) is 2. The Morgan fingerprint density at radius 3 is 1.59 bits per heavy atom. The van der Waals surface area contributed by atoms with E-state index in [1.54, 1.807) is 0 Å². The largest absolute Gasteiger partial charge is 1.00 e. The fourth-order valence-electron chi connectivity index (χ4n) is 7.07. The molecule has 11 nitrogen and oxygen atoms in total. The Kier molecular flexibility index (Phi) is 16.8. The molecule has 51 heavy (non-hydrogen) atoms. The second-order valence-corrected chi connectivity index (χ2v) is 13.1. The van der Waals surface area contributed by atoms with Crippen LogP contribution in [0.15, 0.2) is 48.8 Å². The molecule has 0 unspecified atom stereocenters. The van der Waals surface area contributed by atoms with Gasteiger partial charge < -0.3 is 35.1 Å². The molecule has 4 N–H and O–H groups in total. The van der Waals surface area contributed by atoms with Crippen LogP contribution in [0.5, 0.6) is 0 Å². The van der Waals surface area contributed by atoms with Crippen LogP contribution in [0.1, 0.15) is 109 Å². The monoisotopic (exact) mass is 694 g/mol. The number of rotatable bonds is 16. The Balaban J connectivity index is 0.000000265. The van der Waals surface area contributed by atoms with Crippen molar-refractivity contribution in [3.63, 3.8) is 0 Å². The van der Waals surface area contributed by atoms with Crippen molar-refractivity contribution in [1.29, 1.82) is 0 Å². The van der Waals surface area contributed by atoms with E-state index >= 15 is 0 Å². The molecule has 0 spiro atoms. The normalized spacial score (nSPS) is 12.6. The Labute approximate surface area is 312 Å². The fraction of sp³-hybridized carbons (Fsp3) is 0.487. The number of ether oxygens (including phenoxy) is 1. The number of hydrogen-bond donors (Lipinski definition) is 3. The van der Waals surface area contributed by atoms with Gasteiger partial charge in [0.1, 0.15) is 0 Å². The number of amides is 2. The minimum atomic E-state index is -0.739. The average molecular weight is 695 g/mol. The Hall–Kier alpha value is -4.04. The number of benzene rings is 2. The minimum Gasteiger partial charge on any atom is -0.870 e. The van der Waals surface area contributed by atoms with Crippen molar-refractivity contribution in [3.05, 3.63) is 71.0 Å². The van der Waals surface area contributed by atoms with E-state index in [2.05, 4.69) is 36.6 Å². The summed E-state index contributed by atoms with van der Waals surface area (Å²) in [4.78, 5) is 46.5. The molecule has 4 aromatic rings. The summed E-state index contributed by atoms with van der Waals surface area (Å²) >= 11 is 0. The van der Waals surface area contributed by atoms with Crippen molar-refractivity contribution in [2.45, 2.75) is 103 Å².